The van der Waals surface area contributed by atoms with Crippen LogP contribution in [0, 0.1) is 0 Å². The van der Waals surface area contributed by atoms with Gasteiger partial charge >= 0.3 is 0 Å². The minimum atomic E-state index is -0.155. The molecular formula is C19H23N3O2. The molecule has 24 heavy (non-hydrogen) atoms. The fourth-order valence-electron chi connectivity index (χ4n) is 3.12. The van der Waals surface area contributed by atoms with Crippen molar-refractivity contribution in [2.24, 2.45) is 5.10 Å². The van der Waals surface area contributed by atoms with Crippen molar-refractivity contribution < 1.29 is 9.53 Å². The molecule has 5 heteroatoms. The van der Waals surface area contributed by atoms with E-state index in [1.165, 1.54) is 29.3 Å². The summed E-state index contributed by atoms with van der Waals surface area (Å²) in [5.74, 6) is -0.155. The molecule has 1 heterocycles. The van der Waals surface area contributed by atoms with Crippen molar-refractivity contribution in [1.82, 2.24) is 10.3 Å². The third-order valence-corrected chi connectivity index (χ3v) is 4.18. The molecule has 0 unspecified atom stereocenters. The summed E-state index contributed by atoms with van der Waals surface area (Å²) in [6.45, 7) is 4.73. The van der Waals surface area contributed by atoms with Crippen LogP contribution in [-0.4, -0.2) is 43.3 Å². The molecule has 1 amide bonds. The smallest absolute Gasteiger partial charge is 0.236 e. The van der Waals surface area contributed by atoms with Crippen molar-refractivity contribution in [3.8, 4) is 0 Å². The number of morpholine rings is 1. The van der Waals surface area contributed by atoms with Gasteiger partial charge in [0.2, 0.25) is 5.91 Å². The first kappa shape index (κ1) is 16.5. The molecule has 0 bridgehead atoms. The largest absolute Gasteiger partial charge is 0.378 e. The van der Waals surface area contributed by atoms with E-state index in [1.54, 1.807) is 6.21 Å². The Morgan fingerprint density at radius 1 is 1.21 bits per heavy atom. The maximum atomic E-state index is 11.0. The first-order valence-electron chi connectivity index (χ1n) is 8.35. The molecule has 0 atom stereocenters. The predicted octanol–water partition coefficient (Wildman–Crippen LogP) is 2.57. The van der Waals surface area contributed by atoms with Crippen LogP contribution in [0.4, 0.5) is 0 Å². The van der Waals surface area contributed by atoms with Gasteiger partial charge in [-0.2, -0.15) is 5.10 Å². The van der Waals surface area contributed by atoms with Gasteiger partial charge in [0.15, 0.2) is 0 Å². The maximum Gasteiger partial charge on any atom is 0.236 e. The van der Waals surface area contributed by atoms with E-state index in [9.17, 15) is 4.79 Å². The van der Waals surface area contributed by atoms with Gasteiger partial charge in [0.1, 0.15) is 0 Å². The summed E-state index contributed by atoms with van der Waals surface area (Å²) in [6, 6.07) is 10.4. The second-order valence-corrected chi connectivity index (χ2v) is 5.98. The number of ether oxygens (including phenoxy) is 1. The number of nitrogens with zero attached hydrogens (tertiary/aromatic N) is 2. The van der Waals surface area contributed by atoms with Crippen molar-refractivity contribution in [3.05, 3.63) is 52.7 Å². The Morgan fingerprint density at radius 3 is 2.67 bits per heavy atom. The number of rotatable bonds is 4. The van der Waals surface area contributed by atoms with E-state index in [2.05, 4.69) is 45.8 Å². The van der Waals surface area contributed by atoms with Crippen LogP contribution >= 0.6 is 0 Å². The molecule has 1 aliphatic carbocycles. The van der Waals surface area contributed by atoms with E-state index in [0.29, 0.717) is 0 Å². The average molecular weight is 325 g/mol. The van der Waals surface area contributed by atoms with Gasteiger partial charge in [0.25, 0.3) is 0 Å². The number of hydrogen-bond donors (Lipinski definition) is 1. The molecule has 1 aliphatic heterocycles. The third-order valence-electron chi connectivity index (χ3n) is 4.18. The lowest BCUT2D eigenvalue weighted by atomic mass is 10.1. The van der Waals surface area contributed by atoms with E-state index in [4.69, 9.17) is 4.74 Å². The summed E-state index contributed by atoms with van der Waals surface area (Å²) in [5, 5.41) is 4.07. The van der Waals surface area contributed by atoms with Gasteiger partial charge in [0.05, 0.1) is 19.4 Å². The highest BCUT2D eigenvalue weighted by molar-refractivity contribution is 5.85. The van der Waals surface area contributed by atoms with Crippen LogP contribution in [0.5, 0.6) is 0 Å². The second kappa shape index (κ2) is 7.93. The lowest BCUT2D eigenvalue weighted by Crippen LogP contribution is -2.36. The third kappa shape index (κ3) is 4.11. The molecule has 1 aromatic carbocycles. The normalized spacial score (nSPS) is 20.2. The fourth-order valence-corrected chi connectivity index (χ4v) is 3.12. The highest BCUT2D eigenvalue weighted by atomic mass is 16.5. The van der Waals surface area contributed by atoms with Crippen LogP contribution < -0.4 is 5.43 Å². The zero-order valence-electron chi connectivity index (χ0n) is 14.0. The number of hydrazone groups is 1. The van der Waals surface area contributed by atoms with E-state index in [0.717, 1.165) is 39.1 Å². The Hall–Kier alpha value is -2.40. The highest BCUT2D eigenvalue weighted by Crippen LogP contribution is 2.34. The number of carbonyl (C=O) groups is 1. The molecule has 0 saturated carbocycles. The summed E-state index contributed by atoms with van der Waals surface area (Å²) in [4.78, 5) is 13.4. The summed E-state index contributed by atoms with van der Waals surface area (Å²) in [7, 11) is 0. The minimum Gasteiger partial charge on any atom is -0.378 e. The van der Waals surface area contributed by atoms with Crippen molar-refractivity contribution in [2.45, 2.75) is 19.8 Å². The summed E-state index contributed by atoms with van der Waals surface area (Å²) < 4.78 is 5.49. The average Bonchev–Trinajstić information content (AvgIpc) is 2.99. The molecule has 2 aliphatic rings. The zero-order chi connectivity index (χ0) is 16.8. The summed E-state index contributed by atoms with van der Waals surface area (Å²) >= 11 is 0. The van der Waals surface area contributed by atoms with Crippen LogP contribution in [0.3, 0.4) is 0 Å². The topological polar surface area (TPSA) is 53.9 Å². The molecule has 0 spiro atoms. The van der Waals surface area contributed by atoms with Gasteiger partial charge < -0.3 is 9.64 Å². The monoisotopic (exact) mass is 325 g/mol. The van der Waals surface area contributed by atoms with Crippen molar-refractivity contribution in [3.63, 3.8) is 0 Å². The Balaban J connectivity index is 1.90. The van der Waals surface area contributed by atoms with Gasteiger partial charge in [0, 0.05) is 25.7 Å². The van der Waals surface area contributed by atoms with E-state index in [1.807, 2.05) is 6.07 Å². The van der Waals surface area contributed by atoms with Gasteiger partial charge in [-0.05, 0) is 35.6 Å². The van der Waals surface area contributed by atoms with Gasteiger partial charge in [-0.1, -0.05) is 30.3 Å². The van der Waals surface area contributed by atoms with Crippen molar-refractivity contribution in [2.75, 3.05) is 26.3 Å². The second-order valence-electron chi connectivity index (χ2n) is 5.98. The Labute approximate surface area is 142 Å². The SMILES string of the molecule is CC(=O)N/N=C\C1=C(N2CCOCC2)C(=Cc2ccccc2)CC1. The molecular weight excluding hydrogens is 302 g/mol. The van der Waals surface area contributed by atoms with E-state index >= 15 is 0 Å². The number of benzene rings is 1. The van der Waals surface area contributed by atoms with Crippen molar-refractivity contribution in [1.29, 1.82) is 0 Å². The standard InChI is InChI=1S/C19H23N3O2/c1-15(23)21-20-14-18-8-7-17(13-16-5-3-2-4-6-16)19(18)22-9-11-24-12-10-22/h2-6,13-14H,7-12H2,1H3,(H,21,23)/b17-13?,20-14-. The molecule has 126 valence electrons. The molecule has 1 aromatic rings. The predicted molar refractivity (Wildman–Crippen MR) is 95.4 cm³/mol. The molecule has 5 nitrogen and oxygen atoms in total. The number of allylic oxidation sites excluding steroid dienone is 2. The van der Waals surface area contributed by atoms with Crippen LogP contribution in [-0.2, 0) is 9.53 Å². The Morgan fingerprint density at radius 2 is 1.96 bits per heavy atom. The molecule has 0 radical (unpaired) electrons. The van der Waals surface area contributed by atoms with Crippen LogP contribution in [0.2, 0.25) is 0 Å². The lowest BCUT2D eigenvalue weighted by Gasteiger charge is -2.31. The first-order valence-corrected chi connectivity index (χ1v) is 8.35. The number of amides is 1. The molecule has 1 N–H and O–H groups in total. The summed E-state index contributed by atoms with van der Waals surface area (Å²) in [5.41, 5.74) is 7.45. The molecule has 1 fully saturated rings. The minimum absolute atomic E-state index is 0.155. The zero-order valence-corrected chi connectivity index (χ0v) is 14.0. The number of hydrogen-bond acceptors (Lipinski definition) is 4. The number of carbonyl (C=O) groups excluding carboxylic acids is 1. The van der Waals surface area contributed by atoms with Gasteiger partial charge in [-0.25, -0.2) is 5.43 Å². The lowest BCUT2D eigenvalue weighted by molar-refractivity contribution is -0.118. The fraction of sp³-hybridized carbons (Fsp3) is 0.368. The van der Waals surface area contributed by atoms with Crippen LogP contribution in [0.1, 0.15) is 25.3 Å². The summed E-state index contributed by atoms with van der Waals surface area (Å²) in [6.07, 6.45) is 5.97. The molecule has 0 aromatic heterocycles. The molecule has 1 saturated heterocycles. The van der Waals surface area contributed by atoms with Crippen LogP contribution in [0.25, 0.3) is 6.08 Å². The first-order chi connectivity index (χ1) is 11.7. The Kier molecular flexibility index (Phi) is 5.43. The highest BCUT2D eigenvalue weighted by Gasteiger charge is 2.25. The van der Waals surface area contributed by atoms with Gasteiger partial charge in [-0.3, -0.25) is 4.79 Å². The number of nitrogens with one attached hydrogen (secondary N) is 1. The maximum absolute atomic E-state index is 11.0. The van der Waals surface area contributed by atoms with E-state index in [-0.39, 0.29) is 5.91 Å². The Bertz CT molecular complexity index is 671. The van der Waals surface area contributed by atoms with Crippen molar-refractivity contribution >= 4 is 18.2 Å². The molecule has 3 rings (SSSR count). The van der Waals surface area contributed by atoms with E-state index < -0.39 is 0 Å². The van der Waals surface area contributed by atoms with Crippen LogP contribution in [0.15, 0.2) is 52.3 Å². The quantitative estimate of drug-likeness (QED) is 0.684. The van der Waals surface area contributed by atoms with Gasteiger partial charge in [-0.15, -0.1) is 0 Å².